The Balaban J connectivity index is 2.40. The molecule has 21 heavy (non-hydrogen) atoms. The third-order valence-electron chi connectivity index (χ3n) is 2.53. The Bertz CT molecular complexity index is 848. The van der Waals surface area contributed by atoms with Crippen molar-refractivity contribution < 1.29 is 12.8 Å². The molecule has 0 aliphatic heterocycles. The number of halogens is 3. The van der Waals surface area contributed by atoms with E-state index in [0.717, 1.165) is 12.1 Å². The van der Waals surface area contributed by atoms with Crippen LogP contribution in [0.2, 0.25) is 0 Å². The fraction of sp³-hybridized carbons (Fsp3) is 0. The van der Waals surface area contributed by atoms with Crippen LogP contribution in [0.25, 0.3) is 0 Å². The van der Waals surface area contributed by atoms with Gasteiger partial charge < -0.3 is 0 Å². The molecule has 0 aliphatic rings. The molecule has 0 spiro atoms. The van der Waals surface area contributed by atoms with E-state index in [9.17, 15) is 12.8 Å². The molecule has 0 atom stereocenters. The predicted octanol–water partition coefficient (Wildman–Crippen LogP) is 4.02. The molecule has 0 aliphatic carbocycles. The number of hydrogen-bond acceptors (Lipinski definition) is 3. The Labute approximate surface area is 137 Å². The summed E-state index contributed by atoms with van der Waals surface area (Å²) >= 11 is 6.22. The zero-order valence-corrected chi connectivity index (χ0v) is 14.3. The molecule has 0 radical (unpaired) electrons. The van der Waals surface area contributed by atoms with Gasteiger partial charge in [0.15, 0.2) is 0 Å². The van der Waals surface area contributed by atoms with E-state index >= 15 is 0 Å². The summed E-state index contributed by atoms with van der Waals surface area (Å²) in [6.45, 7) is 0. The summed E-state index contributed by atoms with van der Waals surface area (Å²) in [6.07, 6.45) is 0. The molecule has 8 heteroatoms. The predicted molar refractivity (Wildman–Crippen MR) is 83.8 cm³/mol. The monoisotopic (exact) mass is 432 g/mol. The van der Waals surface area contributed by atoms with E-state index in [0.29, 0.717) is 10.0 Å². The third kappa shape index (κ3) is 3.61. The second-order valence-electron chi connectivity index (χ2n) is 3.99. The number of anilines is 1. The second-order valence-corrected chi connectivity index (χ2v) is 7.35. The van der Waals surface area contributed by atoms with Crippen LogP contribution in [0.3, 0.4) is 0 Å². The number of benzene rings is 2. The van der Waals surface area contributed by atoms with Crippen molar-refractivity contribution in [2.75, 3.05) is 4.72 Å². The van der Waals surface area contributed by atoms with Gasteiger partial charge in [0, 0.05) is 8.95 Å². The van der Waals surface area contributed by atoms with Crippen LogP contribution in [0.4, 0.5) is 10.1 Å². The zero-order chi connectivity index (χ0) is 15.6. The van der Waals surface area contributed by atoms with Gasteiger partial charge in [-0.1, -0.05) is 0 Å². The molecule has 0 saturated carbocycles. The van der Waals surface area contributed by atoms with E-state index in [-0.39, 0.29) is 15.1 Å². The van der Waals surface area contributed by atoms with E-state index in [1.165, 1.54) is 24.3 Å². The molecule has 0 saturated heterocycles. The van der Waals surface area contributed by atoms with E-state index in [4.69, 9.17) is 5.26 Å². The molecule has 2 aromatic carbocycles. The topological polar surface area (TPSA) is 70.0 Å². The SMILES string of the molecule is N#Cc1ccc(NS(=O)(=O)c2ccc(F)cc2Br)c(Br)c1. The Morgan fingerprint density at radius 3 is 2.38 bits per heavy atom. The lowest BCUT2D eigenvalue weighted by Crippen LogP contribution is -2.14. The fourth-order valence-electron chi connectivity index (χ4n) is 1.56. The van der Waals surface area contributed by atoms with Crippen molar-refractivity contribution in [2.24, 2.45) is 0 Å². The molecule has 4 nitrogen and oxygen atoms in total. The smallest absolute Gasteiger partial charge is 0.263 e. The van der Waals surface area contributed by atoms with Crippen molar-refractivity contribution in [2.45, 2.75) is 4.90 Å². The van der Waals surface area contributed by atoms with E-state index in [1.54, 1.807) is 0 Å². The zero-order valence-electron chi connectivity index (χ0n) is 10.3. The molecular formula is C13H7Br2FN2O2S. The maximum absolute atomic E-state index is 13.0. The van der Waals surface area contributed by atoms with Crippen LogP contribution in [-0.4, -0.2) is 8.42 Å². The molecular weight excluding hydrogens is 427 g/mol. The lowest BCUT2D eigenvalue weighted by molar-refractivity contribution is 0.599. The molecule has 2 aromatic rings. The van der Waals surface area contributed by atoms with Gasteiger partial charge in [-0.15, -0.1) is 0 Å². The molecule has 0 amide bonds. The highest BCUT2D eigenvalue weighted by atomic mass is 79.9. The standard InChI is InChI=1S/C13H7Br2FN2O2S/c14-10-5-8(7-17)1-3-12(10)18-21(19,20)13-4-2-9(16)6-11(13)15/h1-6,18H. The van der Waals surface area contributed by atoms with Gasteiger partial charge in [0.25, 0.3) is 10.0 Å². The summed E-state index contributed by atoms with van der Waals surface area (Å²) in [5.41, 5.74) is 0.679. The average molecular weight is 434 g/mol. The average Bonchev–Trinajstić information content (AvgIpc) is 2.40. The lowest BCUT2D eigenvalue weighted by atomic mass is 10.2. The Kier molecular flexibility index (Phi) is 4.66. The first-order chi connectivity index (χ1) is 9.83. The third-order valence-corrected chi connectivity index (χ3v) is 5.52. The summed E-state index contributed by atoms with van der Waals surface area (Å²) in [6, 6.07) is 9.70. The summed E-state index contributed by atoms with van der Waals surface area (Å²) in [5, 5.41) is 8.77. The van der Waals surface area contributed by atoms with E-state index < -0.39 is 15.8 Å². The first kappa shape index (κ1) is 15.9. The van der Waals surface area contributed by atoms with Gasteiger partial charge in [-0.2, -0.15) is 5.26 Å². The van der Waals surface area contributed by atoms with E-state index in [1.807, 2.05) is 6.07 Å². The van der Waals surface area contributed by atoms with Crippen molar-refractivity contribution in [1.82, 2.24) is 0 Å². The fourth-order valence-corrected chi connectivity index (χ4v) is 4.30. The molecule has 0 bridgehead atoms. The normalized spacial score (nSPS) is 11.0. The Hall–Kier alpha value is -1.43. The van der Waals surface area contributed by atoms with Crippen LogP contribution in [-0.2, 0) is 10.0 Å². The van der Waals surface area contributed by atoms with Gasteiger partial charge in [0.05, 0.1) is 17.3 Å². The summed E-state index contributed by atoms with van der Waals surface area (Å²) < 4.78 is 40.5. The minimum absolute atomic E-state index is 0.0832. The van der Waals surface area contributed by atoms with Gasteiger partial charge in [0.1, 0.15) is 10.7 Å². The van der Waals surface area contributed by atoms with Crippen LogP contribution in [0, 0.1) is 17.1 Å². The molecule has 0 fully saturated rings. The number of rotatable bonds is 3. The highest BCUT2D eigenvalue weighted by Gasteiger charge is 2.19. The van der Waals surface area contributed by atoms with Crippen molar-refractivity contribution >= 4 is 47.6 Å². The van der Waals surface area contributed by atoms with Crippen molar-refractivity contribution in [3.8, 4) is 6.07 Å². The minimum atomic E-state index is -3.88. The van der Waals surface area contributed by atoms with Crippen LogP contribution < -0.4 is 4.72 Å². The van der Waals surface area contributed by atoms with E-state index in [2.05, 4.69) is 36.6 Å². The first-order valence-corrected chi connectivity index (χ1v) is 8.58. The quantitative estimate of drug-likeness (QED) is 0.794. The van der Waals surface area contributed by atoms with Crippen LogP contribution in [0.1, 0.15) is 5.56 Å². The van der Waals surface area contributed by atoms with Crippen LogP contribution >= 0.6 is 31.9 Å². The number of hydrogen-bond donors (Lipinski definition) is 1. The van der Waals surface area contributed by atoms with Gasteiger partial charge in [-0.25, -0.2) is 12.8 Å². The van der Waals surface area contributed by atoms with Gasteiger partial charge in [0.2, 0.25) is 0 Å². The second kappa shape index (κ2) is 6.13. The highest BCUT2D eigenvalue weighted by Crippen LogP contribution is 2.29. The lowest BCUT2D eigenvalue weighted by Gasteiger charge is -2.11. The maximum Gasteiger partial charge on any atom is 0.263 e. The molecule has 2 rings (SSSR count). The van der Waals surface area contributed by atoms with Gasteiger partial charge in [-0.05, 0) is 68.3 Å². The van der Waals surface area contributed by atoms with Crippen molar-refractivity contribution in [3.05, 3.63) is 56.7 Å². The van der Waals surface area contributed by atoms with Crippen LogP contribution in [0.5, 0.6) is 0 Å². The number of nitriles is 1. The van der Waals surface area contributed by atoms with Crippen molar-refractivity contribution in [1.29, 1.82) is 5.26 Å². The Morgan fingerprint density at radius 2 is 1.81 bits per heavy atom. The maximum atomic E-state index is 13.0. The molecule has 0 unspecified atom stereocenters. The van der Waals surface area contributed by atoms with Gasteiger partial charge in [-0.3, -0.25) is 4.72 Å². The molecule has 0 heterocycles. The molecule has 108 valence electrons. The number of sulfonamides is 1. The van der Waals surface area contributed by atoms with Gasteiger partial charge >= 0.3 is 0 Å². The summed E-state index contributed by atoms with van der Waals surface area (Å²) in [5.74, 6) is -0.541. The minimum Gasteiger partial charge on any atom is -0.278 e. The largest absolute Gasteiger partial charge is 0.278 e. The van der Waals surface area contributed by atoms with Crippen molar-refractivity contribution in [3.63, 3.8) is 0 Å². The molecule has 1 N–H and O–H groups in total. The summed E-state index contributed by atoms with van der Waals surface area (Å²) in [4.78, 5) is -0.0832. The number of nitrogens with one attached hydrogen (secondary N) is 1. The Morgan fingerprint density at radius 1 is 1.10 bits per heavy atom. The molecule has 0 aromatic heterocycles. The first-order valence-electron chi connectivity index (χ1n) is 5.51. The number of nitrogens with zero attached hydrogens (tertiary/aromatic N) is 1. The van der Waals surface area contributed by atoms with Crippen LogP contribution in [0.15, 0.2) is 50.2 Å². The summed E-state index contributed by atoms with van der Waals surface area (Å²) in [7, 11) is -3.88. The highest BCUT2D eigenvalue weighted by molar-refractivity contribution is 9.11.